The molecular weight excluding hydrogens is 668 g/mol. The fourth-order valence-corrected chi connectivity index (χ4v) is 7.30. The molecule has 264 valence electrons. The molecule has 2 aliphatic heterocycles. The number of nitrogens with zero attached hydrogens (tertiary/aromatic N) is 2. The molecule has 0 bridgehead atoms. The van der Waals surface area contributed by atoms with E-state index in [9.17, 15) is 26.4 Å². The zero-order valence-electron chi connectivity index (χ0n) is 28.0. The Hall–Kier alpha value is -3.23. The number of sulfonamides is 1. The van der Waals surface area contributed by atoms with Crippen LogP contribution in [0.5, 0.6) is 0 Å². The van der Waals surface area contributed by atoms with Crippen molar-refractivity contribution < 1.29 is 35.9 Å². The van der Waals surface area contributed by atoms with Gasteiger partial charge in [-0.1, -0.05) is 36.4 Å². The minimum Gasteiger partial charge on any atom is -0.444 e. The van der Waals surface area contributed by atoms with Gasteiger partial charge < -0.3 is 25.0 Å². The number of halogens is 1. The summed E-state index contributed by atoms with van der Waals surface area (Å²) < 4.78 is 60.2. The minimum atomic E-state index is -3.52. The highest BCUT2D eigenvalue weighted by atomic mass is 35.7. The van der Waals surface area contributed by atoms with Crippen LogP contribution in [0.15, 0.2) is 60.7 Å². The summed E-state index contributed by atoms with van der Waals surface area (Å²) in [7, 11) is -1.68. The van der Waals surface area contributed by atoms with Gasteiger partial charge in [-0.2, -0.15) is 0 Å². The lowest BCUT2D eigenvalue weighted by atomic mass is 10.1. The van der Waals surface area contributed by atoms with Crippen molar-refractivity contribution in [3.8, 4) is 0 Å². The molecule has 0 aliphatic carbocycles. The number of amides is 2. The minimum absolute atomic E-state index is 0.366. The summed E-state index contributed by atoms with van der Waals surface area (Å²) in [6, 6.07) is 18.3. The van der Waals surface area contributed by atoms with Gasteiger partial charge >= 0.3 is 12.2 Å². The summed E-state index contributed by atoms with van der Waals surface area (Å²) in [4.78, 5) is 26.8. The molecule has 0 spiro atoms. The van der Waals surface area contributed by atoms with Gasteiger partial charge in [0, 0.05) is 48.2 Å². The lowest BCUT2D eigenvalue weighted by Gasteiger charge is -2.33. The number of carbonyl (C=O) groups is 2. The van der Waals surface area contributed by atoms with Crippen molar-refractivity contribution in [3.63, 3.8) is 0 Å². The average Bonchev–Trinajstić information content (AvgIpc) is 2.96. The molecule has 0 aromatic heterocycles. The van der Waals surface area contributed by atoms with Crippen LogP contribution >= 0.6 is 10.7 Å². The highest BCUT2D eigenvalue weighted by Gasteiger charge is 2.34. The first-order chi connectivity index (χ1) is 21.7. The van der Waals surface area contributed by atoms with Crippen LogP contribution in [0.1, 0.15) is 67.2 Å². The van der Waals surface area contributed by atoms with E-state index >= 15 is 0 Å². The number of para-hydroxylation sites is 2. The van der Waals surface area contributed by atoms with Crippen molar-refractivity contribution in [1.82, 2.24) is 9.80 Å². The Bertz CT molecular complexity index is 1480. The zero-order chi connectivity index (χ0) is 35.5. The molecule has 2 aromatic rings. The lowest BCUT2D eigenvalue weighted by Crippen LogP contribution is -2.45. The SMILES string of the molecule is CC(C)(C)OC(=O)N1CCC(S(=O)(=O)Cl)CC1.CC(C)(C)OC(=O)N1CCC(S(=O)(=O)Nc2ccccc2)CC1.Nc1ccccc1. The van der Waals surface area contributed by atoms with Gasteiger partial charge in [0.15, 0.2) is 0 Å². The Morgan fingerprint density at radius 2 is 1.06 bits per heavy atom. The molecule has 0 radical (unpaired) electrons. The normalized spacial score (nSPS) is 16.5. The quantitative estimate of drug-likeness (QED) is 0.283. The summed E-state index contributed by atoms with van der Waals surface area (Å²) in [6.07, 6.45) is 0.756. The molecule has 2 aliphatic rings. The number of hydrogen-bond donors (Lipinski definition) is 2. The van der Waals surface area contributed by atoms with Crippen molar-refractivity contribution in [2.75, 3.05) is 36.6 Å². The molecule has 2 aromatic carbocycles. The van der Waals surface area contributed by atoms with Crippen LogP contribution in [0.2, 0.25) is 0 Å². The van der Waals surface area contributed by atoms with Gasteiger partial charge in [-0.25, -0.2) is 26.4 Å². The third-order valence-corrected chi connectivity index (χ3v) is 10.8. The van der Waals surface area contributed by atoms with Crippen molar-refractivity contribution >= 4 is 53.3 Å². The van der Waals surface area contributed by atoms with Crippen LogP contribution in [0, 0.1) is 0 Å². The predicted molar refractivity (Wildman–Crippen MR) is 186 cm³/mol. The number of ether oxygens (including phenoxy) is 2. The van der Waals surface area contributed by atoms with Crippen LogP contribution < -0.4 is 10.5 Å². The summed E-state index contributed by atoms with van der Waals surface area (Å²) in [5.74, 6) is 0. The van der Waals surface area contributed by atoms with Gasteiger partial charge in [0.2, 0.25) is 19.1 Å². The molecule has 3 N–H and O–H groups in total. The van der Waals surface area contributed by atoms with Crippen LogP contribution in [-0.4, -0.2) is 86.7 Å². The molecule has 2 saturated heterocycles. The van der Waals surface area contributed by atoms with E-state index in [1.54, 1.807) is 49.9 Å². The molecular formula is C32H49ClN4O8S2. The number of nitrogens with one attached hydrogen (secondary N) is 1. The number of nitrogen functional groups attached to an aromatic ring is 1. The molecule has 0 saturated carbocycles. The smallest absolute Gasteiger partial charge is 0.410 e. The van der Waals surface area contributed by atoms with Crippen molar-refractivity contribution in [2.24, 2.45) is 0 Å². The van der Waals surface area contributed by atoms with Gasteiger partial charge in [-0.15, -0.1) is 0 Å². The first kappa shape index (κ1) is 39.9. The highest BCUT2D eigenvalue weighted by molar-refractivity contribution is 8.14. The Morgan fingerprint density at radius 1 is 0.702 bits per heavy atom. The zero-order valence-corrected chi connectivity index (χ0v) is 30.4. The molecule has 12 nitrogen and oxygen atoms in total. The third kappa shape index (κ3) is 15.5. The molecule has 2 amide bonds. The van der Waals surface area contributed by atoms with Crippen molar-refractivity contribution in [2.45, 2.75) is 88.9 Å². The van der Waals surface area contributed by atoms with E-state index in [0.29, 0.717) is 57.5 Å². The lowest BCUT2D eigenvalue weighted by molar-refractivity contribution is 0.0207. The summed E-state index contributed by atoms with van der Waals surface area (Å²) in [6.45, 7) is 12.3. The van der Waals surface area contributed by atoms with Crippen LogP contribution in [0.25, 0.3) is 0 Å². The van der Waals surface area contributed by atoms with E-state index < -0.39 is 46.9 Å². The van der Waals surface area contributed by atoms with Crippen LogP contribution in [0.4, 0.5) is 21.0 Å². The number of carbonyl (C=O) groups excluding carboxylic acids is 2. The monoisotopic (exact) mass is 716 g/mol. The summed E-state index contributed by atoms with van der Waals surface area (Å²) in [5, 5.41) is -1.05. The standard InChI is InChI=1S/C16H24N2O4S.C10H18ClNO4S.C6H7N/c1-16(2,3)22-15(19)18-11-9-14(10-12-18)23(20,21)17-13-7-5-4-6-8-13;1-10(2,3)16-9(13)12-6-4-8(5-7-12)17(11,14)15;7-6-4-2-1-3-5-6/h4-8,14,17H,9-12H2,1-3H3;8H,4-7H2,1-3H3;1-5H,7H2. The first-order valence-corrected chi connectivity index (χ1v) is 19.3. The fraction of sp³-hybridized carbons (Fsp3) is 0.562. The molecule has 2 heterocycles. The summed E-state index contributed by atoms with van der Waals surface area (Å²) >= 11 is 0. The van der Waals surface area contributed by atoms with Crippen LogP contribution in [0.3, 0.4) is 0 Å². The second-order valence-corrected chi connectivity index (χ2v) is 18.1. The third-order valence-electron chi connectivity index (χ3n) is 6.86. The van der Waals surface area contributed by atoms with Gasteiger partial charge in [0.1, 0.15) is 11.2 Å². The second kappa shape index (κ2) is 17.3. The maximum atomic E-state index is 12.4. The number of likely N-dealkylation sites (tertiary alicyclic amines) is 2. The van der Waals surface area contributed by atoms with E-state index in [4.69, 9.17) is 25.9 Å². The Labute approximate surface area is 284 Å². The molecule has 0 atom stereocenters. The van der Waals surface area contributed by atoms with E-state index in [2.05, 4.69) is 4.72 Å². The van der Waals surface area contributed by atoms with Gasteiger partial charge in [-0.05, 0) is 91.5 Å². The Morgan fingerprint density at radius 3 is 1.38 bits per heavy atom. The summed E-state index contributed by atoms with van der Waals surface area (Å²) in [5.41, 5.74) is 5.66. The van der Waals surface area contributed by atoms with Crippen LogP contribution in [-0.2, 0) is 28.5 Å². The first-order valence-electron chi connectivity index (χ1n) is 15.4. The van der Waals surface area contributed by atoms with E-state index in [1.807, 2.05) is 57.2 Å². The Kier molecular flexibility index (Phi) is 14.7. The number of hydrogen-bond acceptors (Lipinski definition) is 9. The number of piperidine rings is 2. The number of nitrogens with two attached hydrogens (primary N) is 1. The van der Waals surface area contributed by atoms with Crippen molar-refractivity contribution in [1.29, 1.82) is 0 Å². The van der Waals surface area contributed by atoms with E-state index in [1.165, 1.54) is 4.90 Å². The average molecular weight is 717 g/mol. The molecule has 4 rings (SSSR count). The van der Waals surface area contributed by atoms with Gasteiger partial charge in [0.25, 0.3) is 0 Å². The van der Waals surface area contributed by atoms with Gasteiger partial charge in [0.05, 0.1) is 10.5 Å². The highest BCUT2D eigenvalue weighted by Crippen LogP contribution is 2.23. The van der Waals surface area contributed by atoms with Crippen molar-refractivity contribution in [3.05, 3.63) is 60.7 Å². The predicted octanol–water partition coefficient (Wildman–Crippen LogP) is 6.05. The molecule has 47 heavy (non-hydrogen) atoms. The number of rotatable bonds is 4. The second-order valence-electron chi connectivity index (χ2n) is 13.2. The molecule has 15 heteroatoms. The molecule has 0 unspecified atom stereocenters. The number of benzene rings is 2. The van der Waals surface area contributed by atoms with E-state index in [0.717, 1.165) is 5.69 Å². The fourth-order valence-electron chi connectivity index (χ4n) is 4.53. The maximum Gasteiger partial charge on any atom is 0.410 e. The molecule has 2 fully saturated rings. The number of anilines is 2. The Balaban J connectivity index is 0.000000279. The topological polar surface area (TPSA) is 165 Å². The maximum absolute atomic E-state index is 12.4. The van der Waals surface area contributed by atoms with E-state index in [-0.39, 0.29) is 6.09 Å². The largest absolute Gasteiger partial charge is 0.444 e. The van der Waals surface area contributed by atoms with Gasteiger partial charge in [-0.3, -0.25) is 4.72 Å².